The van der Waals surface area contributed by atoms with Crippen LogP contribution >= 0.6 is 0 Å². The number of rotatable bonds is 5. The van der Waals surface area contributed by atoms with Crippen LogP contribution in [0.15, 0.2) is 12.1 Å². The van der Waals surface area contributed by atoms with Crippen molar-refractivity contribution >= 4 is 0 Å². The highest BCUT2D eigenvalue weighted by atomic mass is 19.1. The fourth-order valence-electron chi connectivity index (χ4n) is 4.04. The normalized spacial score (nSPS) is 26.9. The standard InChI is InChI=1S/C21H32FNO4/c1-13(22)12-26-19-8-14-6-7-23-11-20(27-21(2,3)4)17(24)10-16(23)15(14)9-18(19)25-5/h8-9,13,16-17,20,24H,6-7,10-12H2,1-5H3/t13-,16?,17?,20?/m0/s1. The Hall–Kier alpha value is -1.37. The summed E-state index contributed by atoms with van der Waals surface area (Å²) in [6, 6.07) is 4.09. The van der Waals surface area contributed by atoms with Crippen molar-refractivity contribution in [3.8, 4) is 11.5 Å². The summed E-state index contributed by atoms with van der Waals surface area (Å²) in [6.07, 6.45) is -0.215. The number of hydrogen-bond acceptors (Lipinski definition) is 5. The quantitative estimate of drug-likeness (QED) is 0.848. The van der Waals surface area contributed by atoms with Gasteiger partial charge in [0.2, 0.25) is 0 Å². The molecule has 1 aromatic rings. The molecule has 5 nitrogen and oxygen atoms in total. The molecule has 1 fully saturated rings. The van der Waals surface area contributed by atoms with E-state index in [-0.39, 0.29) is 24.4 Å². The van der Waals surface area contributed by atoms with Crippen molar-refractivity contribution in [2.24, 2.45) is 0 Å². The van der Waals surface area contributed by atoms with E-state index in [1.807, 2.05) is 32.9 Å². The largest absolute Gasteiger partial charge is 0.493 e. The van der Waals surface area contributed by atoms with Crippen LogP contribution in [0.25, 0.3) is 0 Å². The van der Waals surface area contributed by atoms with Crippen LogP contribution in [0.2, 0.25) is 0 Å². The topological polar surface area (TPSA) is 51.2 Å². The lowest BCUT2D eigenvalue weighted by atomic mass is 9.84. The lowest BCUT2D eigenvalue weighted by Crippen LogP contribution is -2.53. The highest BCUT2D eigenvalue weighted by Gasteiger charge is 2.40. The summed E-state index contributed by atoms with van der Waals surface area (Å²) in [5, 5.41) is 10.7. The molecule has 1 saturated heterocycles. The average molecular weight is 381 g/mol. The molecule has 3 unspecified atom stereocenters. The van der Waals surface area contributed by atoms with Gasteiger partial charge in [0.05, 0.1) is 24.9 Å². The van der Waals surface area contributed by atoms with E-state index in [2.05, 4.69) is 4.90 Å². The first-order valence-electron chi connectivity index (χ1n) is 9.75. The molecule has 4 atom stereocenters. The molecule has 0 spiro atoms. The monoisotopic (exact) mass is 381 g/mol. The van der Waals surface area contributed by atoms with Crippen molar-refractivity contribution in [3.63, 3.8) is 0 Å². The van der Waals surface area contributed by atoms with Gasteiger partial charge in [0.15, 0.2) is 11.5 Å². The molecule has 0 aliphatic carbocycles. The lowest BCUT2D eigenvalue weighted by Gasteiger charge is -2.46. The molecular formula is C21H32FNO4. The number of piperidine rings is 1. The van der Waals surface area contributed by atoms with Gasteiger partial charge >= 0.3 is 0 Å². The lowest BCUT2D eigenvalue weighted by molar-refractivity contribution is -0.149. The average Bonchev–Trinajstić information content (AvgIpc) is 2.58. The van der Waals surface area contributed by atoms with Crippen LogP contribution in [-0.2, 0) is 11.2 Å². The van der Waals surface area contributed by atoms with E-state index in [9.17, 15) is 9.50 Å². The molecule has 6 heteroatoms. The molecule has 2 aliphatic rings. The Kier molecular flexibility index (Phi) is 5.99. The van der Waals surface area contributed by atoms with E-state index in [1.165, 1.54) is 12.5 Å². The maximum Gasteiger partial charge on any atom is 0.161 e. The van der Waals surface area contributed by atoms with Crippen molar-refractivity contribution in [2.75, 3.05) is 26.8 Å². The smallest absolute Gasteiger partial charge is 0.161 e. The van der Waals surface area contributed by atoms with Gasteiger partial charge in [0, 0.05) is 19.1 Å². The molecule has 0 aromatic heterocycles. The third-order valence-electron chi connectivity index (χ3n) is 5.18. The Morgan fingerprint density at radius 2 is 2.04 bits per heavy atom. The molecule has 152 valence electrons. The number of ether oxygens (including phenoxy) is 3. The van der Waals surface area contributed by atoms with Crippen LogP contribution in [0.1, 0.15) is 51.3 Å². The molecule has 2 heterocycles. The van der Waals surface area contributed by atoms with Crippen molar-refractivity contribution in [1.82, 2.24) is 4.90 Å². The van der Waals surface area contributed by atoms with E-state index >= 15 is 0 Å². The number of alkyl halides is 1. The third kappa shape index (κ3) is 4.73. The number of aliphatic hydroxyl groups excluding tert-OH is 1. The third-order valence-corrected chi connectivity index (χ3v) is 5.18. The van der Waals surface area contributed by atoms with Gasteiger partial charge in [0.1, 0.15) is 12.8 Å². The van der Waals surface area contributed by atoms with Gasteiger partial charge in [-0.25, -0.2) is 4.39 Å². The second kappa shape index (κ2) is 7.94. The number of aliphatic hydroxyl groups is 1. The van der Waals surface area contributed by atoms with Crippen LogP contribution < -0.4 is 9.47 Å². The summed E-state index contributed by atoms with van der Waals surface area (Å²) in [7, 11) is 1.59. The Labute approximate surface area is 161 Å². The molecule has 1 N–H and O–H groups in total. The minimum atomic E-state index is -1.03. The first-order valence-corrected chi connectivity index (χ1v) is 9.75. The van der Waals surface area contributed by atoms with Crippen molar-refractivity contribution < 1.29 is 23.7 Å². The molecule has 0 saturated carbocycles. The summed E-state index contributed by atoms with van der Waals surface area (Å²) in [6.45, 7) is 9.14. The molecule has 3 rings (SSSR count). The molecular weight excluding hydrogens is 349 g/mol. The van der Waals surface area contributed by atoms with Gasteiger partial charge in [0.25, 0.3) is 0 Å². The van der Waals surface area contributed by atoms with Gasteiger partial charge in [-0.15, -0.1) is 0 Å². The predicted molar refractivity (Wildman–Crippen MR) is 102 cm³/mol. The van der Waals surface area contributed by atoms with E-state index < -0.39 is 12.3 Å². The summed E-state index contributed by atoms with van der Waals surface area (Å²) >= 11 is 0. The number of halogens is 1. The summed E-state index contributed by atoms with van der Waals surface area (Å²) in [5.41, 5.74) is 2.06. The fourth-order valence-corrected chi connectivity index (χ4v) is 4.04. The number of methoxy groups -OCH3 is 1. The molecule has 27 heavy (non-hydrogen) atoms. The minimum absolute atomic E-state index is 0.00916. The summed E-state index contributed by atoms with van der Waals surface area (Å²) in [5.74, 6) is 1.19. The highest BCUT2D eigenvalue weighted by molar-refractivity contribution is 5.49. The number of nitrogens with zero attached hydrogens (tertiary/aromatic N) is 1. The molecule has 2 aliphatic heterocycles. The van der Waals surface area contributed by atoms with Crippen LogP contribution in [0.5, 0.6) is 11.5 Å². The number of benzene rings is 1. The van der Waals surface area contributed by atoms with Gasteiger partial charge < -0.3 is 19.3 Å². The molecule has 0 radical (unpaired) electrons. The number of fused-ring (bicyclic) bond motifs is 3. The van der Waals surface area contributed by atoms with Crippen LogP contribution in [-0.4, -0.2) is 60.8 Å². The van der Waals surface area contributed by atoms with E-state index in [0.717, 1.165) is 18.5 Å². The first kappa shape index (κ1) is 20.4. The predicted octanol–water partition coefficient (Wildman–Crippen LogP) is 3.28. The van der Waals surface area contributed by atoms with E-state index in [1.54, 1.807) is 7.11 Å². The second-order valence-electron chi connectivity index (χ2n) is 8.63. The Balaban J connectivity index is 1.82. The van der Waals surface area contributed by atoms with Crippen LogP contribution in [0.4, 0.5) is 4.39 Å². The van der Waals surface area contributed by atoms with Gasteiger partial charge in [-0.3, -0.25) is 4.90 Å². The van der Waals surface area contributed by atoms with Crippen LogP contribution in [0.3, 0.4) is 0 Å². The molecule has 0 amide bonds. The Bertz CT molecular complexity index is 658. The van der Waals surface area contributed by atoms with Gasteiger partial charge in [-0.2, -0.15) is 0 Å². The Morgan fingerprint density at radius 3 is 2.67 bits per heavy atom. The Morgan fingerprint density at radius 1 is 1.30 bits per heavy atom. The number of hydrogen-bond donors (Lipinski definition) is 1. The highest BCUT2D eigenvalue weighted by Crippen LogP contribution is 2.42. The minimum Gasteiger partial charge on any atom is -0.493 e. The summed E-state index contributed by atoms with van der Waals surface area (Å²) < 4.78 is 30.3. The molecule has 1 aromatic carbocycles. The van der Waals surface area contributed by atoms with Gasteiger partial charge in [-0.05, 0) is 63.8 Å². The SMILES string of the molecule is COc1cc2c(cc1OC[C@H](C)F)CCN1CC(OC(C)(C)C)C(O)CC21. The van der Waals surface area contributed by atoms with Crippen LogP contribution in [0, 0.1) is 0 Å². The molecule has 0 bridgehead atoms. The zero-order valence-electron chi connectivity index (χ0n) is 17.0. The van der Waals surface area contributed by atoms with E-state index in [0.29, 0.717) is 24.5 Å². The second-order valence-corrected chi connectivity index (χ2v) is 8.63. The summed E-state index contributed by atoms with van der Waals surface area (Å²) in [4.78, 5) is 2.38. The first-order chi connectivity index (χ1) is 12.7. The van der Waals surface area contributed by atoms with Crippen molar-refractivity contribution in [3.05, 3.63) is 23.3 Å². The van der Waals surface area contributed by atoms with Gasteiger partial charge in [-0.1, -0.05) is 0 Å². The zero-order valence-corrected chi connectivity index (χ0v) is 17.0. The van der Waals surface area contributed by atoms with E-state index in [4.69, 9.17) is 14.2 Å². The zero-order chi connectivity index (χ0) is 19.8. The van der Waals surface area contributed by atoms with Crippen molar-refractivity contribution in [2.45, 2.75) is 70.6 Å². The fraction of sp³-hybridized carbons (Fsp3) is 0.714. The van der Waals surface area contributed by atoms with Crippen molar-refractivity contribution in [1.29, 1.82) is 0 Å². The maximum atomic E-state index is 13.2. The maximum absolute atomic E-state index is 13.2.